The number of aliphatic hydroxyl groups is 1. The van der Waals surface area contributed by atoms with Crippen molar-refractivity contribution in [1.29, 1.82) is 5.26 Å². The van der Waals surface area contributed by atoms with Gasteiger partial charge in [0, 0.05) is 28.8 Å². The lowest BCUT2D eigenvalue weighted by Gasteiger charge is -2.22. The monoisotopic (exact) mass is 560 g/mol. The number of pyridine rings is 1. The third-order valence-corrected chi connectivity index (χ3v) is 6.15. The number of fused-ring (bicyclic) bond motifs is 1. The first kappa shape index (κ1) is 26.1. The number of benzene rings is 2. The quantitative estimate of drug-likeness (QED) is 0.235. The summed E-state index contributed by atoms with van der Waals surface area (Å²) in [4.78, 5) is 4.34. The van der Waals surface area contributed by atoms with Crippen molar-refractivity contribution in [2.45, 2.75) is 32.8 Å². The van der Waals surface area contributed by atoms with E-state index in [2.05, 4.69) is 32.0 Å². The number of aliphatic hydroxyl groups excluding tert-OH is 1. The van der Waals surface area contributed by atoms with Crippen molar-refractivity contribution in [2.75, 3.05) is 23.8 Å². The van der Waals surface area contributed by atoms with Crippen LogP contribution in [0, 0.1) is 16.7 Å². The highest BCUT2D eigenvalue weighted by Gasteiger charge is 2.33. The minimum atomic E-state index is -3.73. The molecule has 0 bridgehead atoms. The maximum Gasteiger partial charge on any atom is 0.367 e. The Morgan fingerprint density at radius 1 is 1.21 bits per heavy atom. The van der Waals surface area contributed by atoms with Crippen molar-refractivity contribution in [2.24, 2.45) is 5.41 Å². The third kappa shape index (κ3) is 5.80. The van der Waals surface area contributed by atoms with Crippen LogP contribution in [-0.2, 0) is 6.05 Å². The van der Waals surface area contributed by atoms with Gasteiger partial charge in [-0.15, -0.1) is 5.10 Å². The van der Waals surface area contributed by atoms with Crippen LogP contribution in [-0.4, -0.2) is 38.2 Å². The number of halogens is 4. The van der Waals surface area contributed by atoms with E-state index in [1.54, 1.807) is 30.3 Å². The second-order valence-electron chi connectivity index (χ2n) is 9.78. The van der Waals surface area contributed by atoms with Crippen LogP contribution in [0.25, 0.3) is 10.9 Å². The normalized spacial score (nSPS) is 14.0. The molecule has 0 aliphatic heterocycles. The highest BCUT2D eigenvalue weighted by atomic mass is 35.5. The van der Waals surface area contributed by atoms with E-state index in [0.29, 0.717) is 34.4 Å². The number of alkyl halides is 2. The van der Waals surface area contributed by atoms with Gasteiger partial charge in [-0.25, -0.2) is 0 Å². The SMILES string of the molecule is [2H][C@@](Nc1cc(Cl)c2ncc(C#N)c(NCC(C)(C)C)c2c1)(c1cn(C(F)(F)CO)nn1)c1ccccc1Cl. The zero-order chi connectivity index (χ0) is 28.6. The summed E-state index contributed by atoms with van der Waals surface area (Å²) < 4.78 is 37.9. The summed E-state index contributed by atoms with van der Waals surface area (Å²) >= 11 is 13.0. The molecule has 1 atom stereocenters. The largest absolute Gasteiger partial charge is 0.388 e. The lowest BCUT2D eigenvalue weighted by Crippen LogP contribution is -2.27. The Morgan fingerprint density at radius 3 is 2.61 bits per heavy atom. The summed E-state index contributed by atoms with van der Waals surface area (Å²) in [5, 5.41) is 33.3. The van der Waals surface area contributed by atoms with Gasteiger partial charge in [0.25, 0.3) is 0 Å². The van der Waals surface area contributed by atoms with Gasteiger partial charge in [0.05, 0.1) is 35.4 Å². The van der Waals surface area contributed by atoms with Gasteiger partial charge < -0.3 is 15.7 Å². The zero-order valence-corrected chi connectivity index (χ0v) is 22.2. The molecule has 2 aromatic heterocycles. The van der Waals surface area contributed by atoms with E-state index < -0.39 is 18.7 Å². The predicted molar refractivity (Wildman–Crippen MR) is 144 cm³/mol. The first-order valence-corrected chi connectivity index (χ1v) is 12.3. The van der Waals surface area contributed by atoms with Gasteiger partial charge in [0.2, 0.25) is 0 Å². The fourth-order valence-electron chi connectivity index (χ4n) is 3.65. The van der Waals surface area contributed by atoms with Gasteiger partial charge >= 0.3 is 6.05 Å². The second kappa shape index (κ2) is 10.7. The van der Waals surface area contributed by atoms with Crippen LogP contribution < -0.4 is 10.6 Å². The first-order chi connectivity index (χ1) is 18.3. The standard InChI is InChI=1S/C26H25Cl2F2N7O/c1-25(2,3)13-33-22-15(10-31)11-32-23-18(22)8-16(9-20(23)28)34-24(17-6-4-5-7-19(17)27)21-12-37(36-35-21)26(29,30)14-38/h4-9,11-12,24,34,38H,13-14H2,1-3H3,(H,32,33)/t24-/m0/s1/i24D. The molecule has 38 heavy (non-hydrogen) atoms. The summed E-state index contributed by atoms with van der Waals surface area (Å²) in [6.07, 6.45) is 2.30. The number of rotatable bonds is 8. The van der Waals surface area contributed by atoms with Crippen LogP contribution in [0.15, 0.2) is 48.8 Å². The summed E-state index contributed by atoms with van der Waals surface area (Å²) in [7, 11) is 0. The third-order valence-electron chi connectivity index (χ3n) is 5.53. The average molecular weight is 561 g/mol. The summed E-state index contributed by atoms with van der Waals surface area (Å²) in [5.41, 5.74) is 1.45. The maximum atomic E-state index is 14.1. The molecule has 8 nitrogen and oxygen atoms in total. The summed E-state index contributed by atoms with van der Waals surface area (Å²) in [6, 6.07) is 6.00. The van der Waals surface area contributed by atoms with E-state index in [1.165, 1.54) is 12.3 Å². The molecule has 0 aliphatic rings. The molecule has 4 rings (SSSR count). The fraction of sp³-hybridized carbons (Fsp3) is 0.308. The molecule has 4 aromatic rings. The Kier molecular flexibility index (Phi) is 7.34. The van der Waals surface area contributed by atoms with Crippen LogP contribution in [0.5, 0.6) is 0 Å². The fourth-order valence-corrected chi connectivity index (χ4v) is 4.15. The smallest absolute Gasteiger partial charge is 0.367 e. The number of anilines is 2. The van der Waals surface area contributed by atoms with Gasteiger partial charge in [0.15, 0.2) is 0 Å². The average Bonchev–Trinajstić information content (AvgIpc) is 3.39. The van der Waals surface area contributed by atoms with Crippen molar-refractivity contribution < 1.29 is 15.3 Å². The van der Waals surface area contributed by atoms with Crippen LogP contribution >= 0.6 is 23.2 Å². The molecule has 0 amide bonds. The first-order valence-electron chi connectivity index (χ1n) is 12.0. The Hall–Kier alpha value is -3.52. The molecule has 3 N–H and O–H groups in total. The van der Waals surface area contributed by atoms with Crippen molar-refractivity contribution in [3.05, 3.63) is 75.7 Å². The molecule has 0 unspecified atom stereocenters. The Balaban J connectivity index is 1.89. The Morgan fingerprint density at radius 2 is 1.95 bits per heavy atom. The maximum absolute atomic E-state index is 14.1. The van der Waals surface area contributed by atoms with Crippen LogP contribution in [0.4, 0.5) is 20.2 Å². The van der Waals surface area contributed by atoms with E-state index >= 15 is 0 Å². The molecule has 0 aliphatic carbocycles. The minimum Gasteiger partial charge on any atom is -0.388 e. The van der Waals surface area contributed by atoms with E-state index in [1.807, 2.05) is 20.8 Å². The van der Waals surface area contributed by atoms with Gasteiger partial charge in [-0.1, -0.05) is 67.4 Å². The summed E-state index contributed by atoms with van der Waals surface area (Å²) in [6.45, 7) is 5.17. The van der Waals surface area contributed by atoms with Crippen molar-refractivity contribution in [1.82, 2.24) is 20.0 Å². The Labute approximate surface area is 229 Å². The summed E-state index contributed by atoms with van der Waals surface area (Å²) in [5.74, 6) is 0. The van der Waals surface area contributed by atoms with Crippen LogP contribution in [0.1, 0.15) is 45.0 Å². The van der Waals surface area contributed by atoms with Gasteiger partial charge in [-0.3, -0.25) is 4.98 Å². The molecule has 2 aromatic carbocycles. The molecular weight excluding hydrogens is 535 g/mol. The van der Waals surface area contributed by atoms with E-state index in [-0.39, 0.29) is 31.4 Å². The number of nitrogens with one attached hydrogen (secondary N) is 2. The second-order valence-corrected chi connectivity index (χ2v) is 10.6. The number of hydrogen-bond donors (Lipinski definition) is 3. The van der Waals surface area contributed by atoms with Gasteiger partial charge in [0.1, 0.15) is 18.4 Å². The van der Waals surface area contributed by atoms with E-state index in [0.717, 1.165) is 6.20 Å². The number of nitriles is 1. The molecule has 0 radical (unpaired) electrons. The van der Waals surface area contributed by atoms with Crippen molar-refractivity contribution in [3.63, 3.8) is 0 Å². The van der Waals surface area contributed by atoms with E-state index in [4.69, 9.17) is 28.3 Å². The highest BCUT2D eigenvalue weighted by Crippen LogP contribution is 2.37. The topological polar surface area (TPSA) is 112 Å². The number of hydrogen-bond acceptors (Lipinski definition) is 7. The van der Waals surface area contributed by atoms with Crippen molar-refractivity contribution >= 4 is 45.5 Å². The zero-order valence-electron chi connectivity index (χ0n) is 21.7. The number of aromatic nitrogens is 4. The molecule has 198 valence electrons. The lowest BCUT2D eigenvalue weighted by atomic mass is 9.96. The minimum absolute atomic E-state index is 0.106. The van der Waals surface area contributed by atoms with Crippen LogP contribution in [0.2, 0.25) is 10.0 Å². The van der Waals surface area contributed by atoms with Crippen molar-refractivity contribution in [3.8, 4) is 6.07 Å². The molecule has 0 saturated heterocycles. The lowest BCUT2D eigenvalue weighted by molar-refractivity contribution is -0.131. The molecule has 12 heteroatoms. The highest BCUT2D eigenvalue weighted by molar-refractivity contribution is 6.36. The predicted octanol–water partition coefficient (Wildman–Crippen LogP) is 6.21. The van der Waals surface area contributed by atoms with E-state index in [9.17, 15) is 15.4 Å². The molecular formula is C26H25Cl2F2N7O. The molecule has 2 heterocycles. The molecule has 0 fully saturated rings. The van der Waals surface area contributed by atoms with Crippen LogP contribution in [0.3, 0.4) is 0 Å². The van der Waals surface area contributed by atoms with Gasteiger partial charge in [-0.05, 0) is 29.2 Å². The molecule has 0 saturated carbocycles. The van der Waals surface area contributed by atoms with Gasteiger partial charge in [-0.2, -0.15) is 18.7 Å². The molecule has 0 spiro atoms. The number of nitrogens with zero attached hydrogens (tertiary/aromatic N) is 5. The Bertz CT molecular complexity index is 1570.